The normalized spacial score (nSPS) is 21.5. The van der Waals surface area contributed by atoms with Crippen LogP contribution in [0, 0.1) is 5.41 Å². The summed E-state index contributed by atoms with van der Waals surface area (Å²) in [5.74, 6) is -2.55. The molecule has 0 aromatic carbocycles. The molecule has 1 aliphatic rings. The summed E-state index contributed by atoms with van der Waals surface area (Å²) in [7, 11) is 2.52. The molecule has 0 aromatic rings. The average molecular weight is 491 g/mol. The van der Waals surface area contributed by atoms with E-state index in [1.165, 1.54) is 14.2 Å². The maximum Gasteiger partial charge on any atom is 0.310 e. The molecule has 33 heavy (non-hydrogen) atoms. The number of thioether (sulfide) groups is 1. The third-order valence-corrected chi connectivity index (χ3v) is 5.79. The molecule has 1 saturated heterocycles. The van der Waals surface area contributed by atoms with Crippen LogP contribution in [0.15, 0.2) is 0 Å². The number of rotatable bonds is 12. The van der Waals surface area contributed by atoms with Crippen molar-refractivity contribution in [2.75, 3.05) is 39.7 Å². The lowest BCUT2D eigenvalue weighted by Crippen LogP contribution is -2.58. The Kier molecular flexibility index (Phi) is 11.8. The maximum absolute atomic E-state index is 12.7. The fourth-order valence-corrected chi connectivity index (χ4v) is 3.58. The van der Waals surface area contributed by atoms with E-state index < -0.39 is 35.2 Å². The van der Waals surface area contributed by atoms with E-state index >= 15 is 0 Å². The van der Waals surface area contributed by atoms with Crippen LogP contribution in [-0.4, -0.2) is 80.4 Å². The molecule has 1 rings (SSSR count). The van der Waals surface area contributed by atoms with Crippen molar-refractivity contribution in [2.45, 2.75) is 58.3 Å². The van der Waals surface area contributed by atoms with Gasteiger partial charge in [-0.1, -0.05) is 25.6 Å². The first kappa shape index (κ1) is 28.9. The molecule has 2 N–H and O–H groups in total. The van der Waals surface area contributed by atoms with E-state index in [2.05, 4.69) is 20.1 Å². The van der Waals surface area contributed by atoms with Gasteiger partial charge in [0.2, 0.25) is 11.8 Å². The van der Waals surface area contributed by atoms with Crippen LogP contribution in [0.3, 0.4) is 0 Å². The van der Waals surface area contributed by atoms with Crippen LogP contribution in [-0.2, 0) is 42.9 Å². The average Bonchev–Trinajstić information content (AvgIpc) is 2.76. The second kappa shape index (κ2) is 13.5. The number of carbonyl (C=O) groups excluding carboxylic acids is 5. The van der Waals surface area contributed by atoms with Gasteiger partial charge in [-0.3, -0.25) is 24.0 Å². The highest BCUT2D eigenvalue weighted by molar-refractivity contribution is 8.13. The van der Waals surface area contributed by atoms with Crippen LogP contribution in [0.1, 0.15) is 46.5 Å². The summed E-state index contributed by atoms with van der Waals surface area (Å²) in [6.45, 7) is 5.78. The van der Waals surface area contributed by atoms with Gasteiger partial charge in [-0.15, -0.1) is 0 Å². The zero-order valence-electron chi connectivity index (χ0n) is 19.8. The predicted molar refractivity (Wildman–Crippen MR) is 119 cm³/mol. The van der Waals surface area contributed by atoms with E-state index in [9.17, 15) is 24.0 Å². The van der Waals surface area contributed by atoms with E-state index in [1.807, 2.05) is 13.8 Å². The van der Waals surface area contributed by atoms with Gasteiger partial charge in [0.15, 0.2) is 10.9 Å². The van der Waals surface area contributed by atoms with Crippen LogP contribution in [0.2, 0.25) is 0 Å². The van der Waals surface area contributed by atoms with Crippen molar-refractivity contribution in [3.8, 4) is 0 Å². The molecule has 0 spiro atoms. The van der Waals surface area contributed by atoms with Crippen molar-refractivity contribution >= 4 is 40.6 Å². The molecule has 1 aliphatic heterocycles. The minimum absolute atomic E-state index is 0.0316. The van der Waals surface area contributed by atoms with E-state index in [0.29, 0.717) is 5.75 Å². The molecule has 188 valence electrons. The van der Waals surface area contributed by atoms with Crippen LogP contribution >= 0.6 is 11.8 Å². The van der Waals surface area contributed by atoms with E-state index in [1.54, 1.807) is 6.92 Å². The molecule has 12 heteroatoms. The molecule has 1 heterocycles. The Labute approximate surface area is 198 Å². The first-order valence-corrected chi connectivity index (χ1v) is 11.6. The molecule has 11 nitrogen and oxygen atoms in total. The number of nitrogens with one attached hydrogen (secondary N) is 2. The second-order valence-corrected chi connectivity index (χ2v) is 9.50. The third-order valence-electron chi connectivity index (χ3n) is 4.86. The van der Waals surface area contributed by atoms with Gasteiger partial charge in [-0.25, -0.2) is 0 Å². The van der Waals surface area contributed by atoms with Gasteiger partial charge >= 0.3 is 11.9 Å². The number of carbonyl (C=O) groups is 5. The van der Waals surface area contributed by atoms with Gasteiger partial charge in [0, 0.05) is 37.1 Å². The van der Waals surface area contributed by atoms with Crippen LogP contribution in [0.25, 0.3) is 0 Å². The van der Waals surface area contributed by atoms with Crippen molar-refractivity contribution in [1.29, 1.82) is 0 Å². The van der Waals surface area contributed by atoms with Gasteiger partial charge < -0.3 is 29.6 Å². The molecule has 2 atom stereocenters. The Balaban J connectivity index is 2.35. The van der Waals surface area contributed by atoms with Crippen molar-refractivity contribution in [2.24, 2.45) is 5.41 Å². The fraction of sp³-hybridized carbons (Fsp3) is 0.762. The molecule has 0 radical (unpaired) electrons. The van der Waals surface area contributed by atoms with Crippen LogP contribution < -0.4 is 10.6 Å². The summed E-state index contributed by atoms with van der Waals surface area (Å²) in [6, 6.07) is 0. The SMILES string of the molecule is COC(=O)CCC(=O)SCCNC(=O)CCNC(=O)[C@@H]1OC(C)(CC(=O)OC)OCC1(C)C. The highest BCUT2D eigenvalue weighted by Gasteiger charge is 2.48. The van der Waals surface area contributed by atoms with E-state index in [0.717, 1.165) is 11.8 Å². The van der Waals surface area contributed by atoms with Gasteiger partial charge in [-0.05, 0) is 6.92 Å². The van der Waals surface area contributed by atoms with Gasteiger partial charge in [0.25, 0.3) is 0 Å². The zero-order valence-corrected chi connectivity index (χ0v) is 20.6. The maximum atomic E-state index is 12.7. The first-order valence-electron chi connectivity index (χ1n) is 10.6. The second-order valence-electron chi connectivity index (χ2n) is 8.35. The highest BCUT2D eigenvalue weighted by atomic mass is 32.2. The summed E-state index contributed by atoms with van der Waals surface area (Å²) < 4.78 is 20.6. The quantitative estimate of drug-likeness (QED) is 0.293. The van der Waals surface area contributed by atoms with Crippen molar-refractivity contribution in [3.05, 3.63) is 0 Å². The predicted octanol–water partition coefficient (Wildman–Crippen LogP) is 0.543. The molecule has 1 fully saturated rings. The summed E-state index contributed by atoms with van der Waals surface area (Å²) in [6.07, 6.45) is -0.869. The number of hydrogen-bond donors (Lipinski definition) is 2. The molecule has 0 bridgehead atoms. The van der Waals surface area contributed by atoms with Crippen molar-refractivity contribution in [3.63, 3.8) is 0 Å². The summed E-state index contributed by atoms with van der Waals surface area (Å²) in [4.78, 5) is 58.9. The molecular weight excluding hydrogens is 456 g/mol. The Bertz CT molecular complexity index is 729. The topological polar surface area (TPSA) is 146 Å². The first-order chi connectivity index (χ1) is 15.4. The number of amides is 2. The smallest absolute Gasteiger partial charge is 0.310 e. The summed E-state index contributed by atoms with van der Waals surface area (Å²) in [5, 5.41) is 5.20. The highest BCUT2D eigenvalue weighted by Crippen LogP contribution is 2.36. The number of ether oxygens (including phenoxy) is 4. The number of esters is 2. The lowest BCUT2D eigenvalue weighted by atomic mass is 9.85. The lowest BCUT2D eigenvalue weighted by molar-refractivity contribution is -0.313. The standard InChI is InChI=1S/C21H34N2O9S/c1-20(2)13-31-21(3,12-16(26)30-5)32-18(20)19(28)23-9-8-14(24)22-10-11-33-17(27)7-6-15(25)29-4/h18H,6-13H2,1-5H3,(H,22,24)(H,23,28)/t18-,21?/m0/s1. The third kappa shape index (κ3) is 10.5. The monoisotopic (exact) mass is 490 g/mol. The van der Waals surface area contributed by atoms with Gasteiger partial charge in [0.1, 0.15) is 6.10 Å². The van der Waals surface area contributed by atoms with Gasteiger partial charge in [0.05, 0.1) is 33.7 Å². The molecule has 0 aromatic heterocycles. The largest absolute Gasteiger partial charge is 0.469 e. The Morgan fingerprint density at radius 2 is 1.61 bits per heavy atom. The van der Waals surface area contributed by atoms with Crippen LogP contribution in [0.5, 0.6) is 0 Å². The molecular formula is C21H34N2O9S. The molecule has 2 amide bonds. The lowest BCUT2D eigenvalue weighted by Gasteiger charge is -2.45. The van der Waals surface area contributed by atoms with E-state index in [4.69, 9.17) is 9.47 Å². The number of hydrogen-bond acceptors (Lipinski definition) is 10. The number of methoxy groups -OCH3 is 2. The molecule has 0 aliphatic carbocycles. The Morgan fingerprint density at radius 3 is 2.24 bits per heavy atom. The summed E-state index contributed by atoms with van der Waals surface area (Å²) in [5.41, 5.74) is -0.639. The van der Waals surface area contributed by atoms with Crippen molar-refractivity contribution in [1.82, 2.24) is 10.6 Å². The Hall–Kier alpha value is -2.18. The Morgan fingerprint density at radius 1 is 0.939 bits per heavy atom. The van der Waals surface area contributed by atoms with Crippen LogP contribution in [0.4, 0.5) is 0 Å². The van der Waals surface area contributed by atoms with E-state index in [-0.39, 0.29) is 56.4 Å². The molecule has 1 unspecified atom stereocenters. The zero-order chi connectivity index (χ0) is 25.1. The fourth-order valence-electron chi connectivity index (χ4n) is 2.91. The summed E-state index contributed by atoms with van der Waals surface area (Å²) >= 11 is 1.03. The minimum Gasteiger partial charge on any atom is -0.469 e. The van der Waals surface area contributed by atoms with Gasteiger partial charge in [-0.2, -0.15) is 0 Å². The molecule has 0 saturated carbocycles. The minimum atomic E-state index is -1.28. The van der Waals surface area contributed by atoms with Crippen molar-refractivity contribution < 1.29 is 42.9 Å².